The Morgan fingerprint density at radius 2 is 2.07 bits per heavy atom. The van der Waals surface area contributed by atoms with Gasteiger partial charge in [-0.15, -0.1) is 11.6 Å². The number of anilines is 1. The maximum Gasteiger partial charge on any atom is 0.446 e. The van der Waals surface area contributed by atoms with Gasteiger partial charge in [0.2, 0.25) is 0 Å². The molecule has 1 aromatic rings. The molecule has 0 aliphatic rings. The molecule has 0 radical (unpaired) electrons. The van der Waals surface area contributed by atoms with E-state index < -0.39 is 5.51 Å². The van der Waals surface area contributed by atoms with Crippen molar-refractivity contribution in [3.8, 4) is 0 Å². The summed E-state index contributed by atoms with van der Waals surface area (Å²) in [6.45, 7) is 0. The van der Waals surface area contributed by atoms with Crippen LogP contribution in [0.3, 0.4) is 0 Å². The number of nitrogens with two attached hydrogens (primary N) is 1. The summed E-state index contributed by atoms with van der Waals surface area (Å²) in [6, 6.07) is 4.44. The number of hydrogen-bond acceptors (Lipinski definition) is 3. The second-order valence-electron chi connectivity index (χ2n) is 2.66. The highest BCUT2D eigenvalue weighted by molar-refractivity contribution is 8.00. The number of nitrogen functional groups attached to an aromatic ring is 1. The van der Waals surface area contributed by atoms with Crippen LogP contribution in [0, 0.1) is 0 Å². The third kappa shape index (κ3) is 3.81. The fourth-order valence-corrected chi connectivity index (χ4v) is 1.84. The van der Waals surface area contributed by atoms with Crippen LogP contribution in [0.2, 0.25) is 0 Å². The van der Waals surface area contributed by atoms with Crippen molar-refractivity contribution in [1.82, 2.24) is 0 Å². The highest BCUT2D eigenvalue weighted by atomic mass is 35.5. The van der Waals surface area contributed by atoms with Gasteiger partial charge in [-0.2, -0.15) is 13.2 Å². The second kappa shape index (κ2) is 4.96. The second-order valence-corrected chi connectivity index (χ2v) is 4.03. The van der Waals surface area contributed by atoms with Gasteiger partial charge in [-0.05, 0) is 29.5 Å². The summed E-state index contributed by atoms with van der Waals surface area (Å²) in [5.41, 5.74) is -1.29. The number of hydrazine groups is 1. The zero-order valence-electron chi connectivity index (χ0n) is 7.44. The Morgan fingerprint density at radius 3 is 2.53 bits per heavy atom. The van der Waals surface area contributed by atoms with Crippen molar-refractivity contribution < 1.29 is 13.2 Å². The van der Waals surface area contributed by atoms with Gasteiger partial charge >= 0.3 is 5.51 Å². The lowest BCUT2D eigenvalue weighted by Gasteiger charge is -2.11. The van der Waals surface area contributed by atoms with Crippen molar-refractivity contribution in [3.63, 3.8) is 0 Å². The van der Waals surface area contributed by atoms with Crippen LogP contribution in [0.5, 0.6) is 0 Å². The van der Waals surface area contributed by atoms with Crippen LogP contribution in [-0.4, -0.2) is 5.51 Å². The van der Waals surface area contributed by atoms with Crippen LogP contribution in [0.4, 0.5) is 18.9 Å². The molecule has 0 amide bonds. The molecule has 0 fully saturated rings. The van der Waals surface area contributed by atoms with E-state index in [-0.39, 0.29) is 28.2 Å². The first kappa shape index (κ1) is 12.5. The topological polar surface area (TPSA) is 38.0 Å². The fraction of sp³-hybridized carbons (Fsp3) is 0.250. The highest BCUT2D eigenvalue weighted by Gasteiger charge is 2.30. The van der Waals surface area contributed by atoms with Gasteiger partial charge in [0.25, 0.3) is 0 Å². The number of alkyl halides is 4. The first-order valence-corrected chi connectivity index (χ1v) is 5.22. The predicted molar refractivity (Wildman–Crippen MR) is 55.7 cm³/mol. The van der Waals surface area contributed by atoms with Crippen molar-refractivity contribution in [2.75, 3.05) is 5.43 Å². The third-order valence-corrected chi connectivity index (χ3v) is 2.68. The Labute approximate surface area is 93.9 Å². The number of benzene rings is 1. The van der Waals surface area contributed by atoms with E-state index in [2.05, 4.69) is 5.43 Å². The lowest BCUT2D eigenvalue weighted by molar-refractivity contribution is -0.0327. The zero-order valence-corrected chi connectivity index (χ0v) is 9.01. The van der Waals surface area contributed by atoms with Crippen molar-refractivity contribution >= 4 is 29.1 Å². The third-order valence-electron chi connectivity index (χ3n) is 1.58. The smallest absolute Gasteiger partial charge is 0.323 e. The number of nitrogens with one attached hydrogen (secondary N) is 1. The van der Waals surface area contributed by atoms with Gasteiger partial charge in [0.15, 0.2) is 0 Å². The Bertz CT molecular complexity index is 343. The Balaban J connectivity index is 3.01. The minimum atomic E-state index is -4.34. The summed E-state index contributed by atoms with van der Waals surface area (Å²) in [5, 5.41) is 0. The van der Waals surface area contributed by atoms with Crippen molar-refractivity contribution in [2.24, 2.45) is 5.84 Å². The molecule has 0 saturated heterocycles. The van der Waals surface area contributed by atoms with E-state index in [1.54, 1.807) is 6.07 Å². The van der Waals surface area contributed by atoms with Crippen LogP contribution in [0.15, 0.2) is 23.1 Å². The Morgan fingerprint density at radius 1 is 1.40 bits per heavy atom. The molecule has 0 spiro atoms. The average molecular weight is 257 g/mol. The molecule has 1 aromatic carbocycles. The van der Waals surface area contributed by atoms with Crippen molar-refractivity contribution in [3.05, 3.63) is 23.8 Å². The SMILES string of the molecule is NNc1ccc(CCl)cc1SC(F)(F)F. The summed E-state index contributed by atoms with van der Waals surface area (Å²) in [7, 11) is 0. The maximum absolute atomic E-state index is 12.2. The predicted octanol–water partition coefficient (Wildman–Crippen LogP) is 3.32. The average Bonchev–Trinajstić information content (AvgIpc) is 2.15. The minimum Gasteiger partial charge on any atom is -0.323 e. The molecule has 3 N–H and O–H groups in total. The van der Waals surface area contributed by atoms with Crippen LogP contribution < -0.4 is 11.3 Å². The molecule has 0 atom stereocenters. The summed E-state index contributed by atoms with van der Waals surface area (Å²) in [6.07, 6.45) is 0. The normalized spacial score (nSPS) is 11.5. The molecule has 1 rings (SSSR count). The molecule has 0 saturated carbocycles. The molecule has 0 bridgehead atoms. The number of rotatable bonds is 3. The molecule has 7 heteroatoms. The van der Waals surface area contributed by atoms with Crippen molar-refractivity contribution in [1.29, 1.82) is 0 Å². The van der Waals surface area contributed by atoms with Crippen LogP contribution in [-0.2, 0) is 5.88 Å². The summed E-state index contributed by atoms with van der Waals surface area (Å²) in [4.78, 5) is 0.0168. The molecular formula is C8H8ClF3N2S. The van der Waals surface area contributed by atoms with Crippen LogP contribution in [0.25, 0.3) is 0 Å². The molecule has 0 unspecified atom stereocenters. The van der Waals surface area contributed by atoms with E-state index in [0.29, 0.717) is 5.56 Å². The van der Waals surface area contributed by atoms with Crippen molar-refractivity contribution in [2.45, 2.75) is 16.3 Å². The van der Waals surface area contributed by atoms with Gasteiger partial charge in [0.1, 0.15) is 0 Å². The van der Waals surface area contributed by atoms with Gasteiger partial charge in [0.05, 0.1) is 5.69 Å². The Kier molecular flexibility index (Phi) is 4.12. The molecule has 15 heavy (non-hydrogen) atoms. The molecule has 0 aromatic heterocycles. The molecule has 84 valence electrons. The number of hydrogen-bond donors (Lipinski definition) is 2. The van der Waals surface area contributed by atoms with Crippen LogP contribution >= 0.6 is 23.4 Å². The first-order valence-electron chi connectivity index (χ1n) is 3.87. The largest absolute Gasteiger partial charge is 0.446 e. The standard InChI is InChI=1S/C8H8ClF3N2S/c9-4-5-1-2-6(14-13)7(3-5)15-8(10,11)12/h1-3,14H,4,13H2. The monoisotopic (exact) mass is 256 g/mol. The van der Waals surface area contributed by atoms with E-state index >= 15 is 0 Å². The van der Waals surface area contributed by atoms with Gasteiger partial charge < -0.3 is 5.43 Å². The number of thioether (sulfide) groups is 1. The van der Waals surface area contributed by atoms with Gasteiger partial charge in [0, 0.05) is 10.8 Å². The van der Waals surface area contributed by atoms with E-state index in [0.717, 1.165) is 0 Å². The van der Waals surface area contributed by atoms with Gasteiger partial charge in [-0.1, -0.05) is 6.07 Å². The van der Waals surface area contributed by atoms with E-state index in [4.69, 9.17) is 17.4 Å². The van der Waals surface area contributed by atoms with E-state index in [1.165, 1.54) is 12.1 Å². The fourth-order valence-electron chi connectivity index (χ4n) is 0.978. The minimum absolute atomic E-state index is 0.0168. The van der Waals surface area contributed by atoms with Crippen LogP contribution in [0.1, 0.15) is 5.56 Å². The molecule has 0 aliphatic carbocycles. The highest BCUT2D eigenvalue weighted by Crippen LogP contribution is 2.40. The van der Waals surface area contributed by atoms with Gasteiger partial charge in [-0.25, -0.2) is 0 Å². The molecule has 2 nitrogen and oxygen atoms in total. The summed E-state index contributed by atoms with van der Waals surface area (Å²) in [5.74, 6) is 5.26. The summed E-state index contributed by atoms with van der Waals surface area (Å²) >= 11 is 5.30. The quantitative estimate of drug-likeness (QED) is 0.377. The maximum atomic E-state index is 12.2. The lowest BCUT2D eigenvalue weighted by Crippen LogP contribution is -2.09. The van der Waals surface area contributed by atoms with E-state index in [9.17, 15) is 13.2 Å². The first-order chi connectivity index (χ1) is 6.96. The number of halogens is 4. The molecular weight excluding hydrogens is 249 g/mol. The lowest BCUT2D eigenvalue weighted by atomic mass is 10.2. The van der Waals surface area contributed by atoms with Gasteiger partial charge in [-0.3, -0.25) is 5.84 Å². The van der Waals surface area contributed by atoms with E-state index in [1.807, 2.05) is 0 Å². The summed E-state index contributed by atoms with van der Waals surface area (Å²) < 4.78 is 36.5. The molecule has 0 heterocycles. The molecule has 0 aliphatic heterocycles. The Hall–Kier alpha value is -0.590. The zero-order chi connectivity index (χ0) is 11.5.